The number of rotatable bonds is 6. The van der Waals surface area contributed by atoms with Gasteiger partial charge >= 0.3 is 6.09 Å². The molecule has 0 radical (unpaired) electrons. The lowest BCUT2D eigenvalue weighted by Gasteiger charge is -2.25. The van der Waals surface area contributed by atoms with E-state index in [9.17, 15) is 9.59 Å². The van der Waals surface area contributed by atoms with Gasteiger partial charge in [-0.05, 0) is 32.6 Å². The van der Waals surface area contributed by atoms with Crippen molar-refractivity contribution in [2.45, 2.75) is 52.7 Å². The van der Waals surface area contributed by atoms with E-state index >= 15 is 0 Å². The topological polar surface area (TPSA) is 79.5 Å². The van der Waals surface area contributed by atoms with Crippen LogP contribution in [-0.4, -0.2) is 43.3 Å². The van der Waals surface area contributed by atoms with Crippen LogP contribution < -0.4 is 16.0 Å². The molecule has 1 fully saturated rings. The highest BCUT2D eigenvalue weighted by atomic mass is 16.6. The Morgan fingerprint density at radius 2 is 2.05 bits per heavy atom. The van der Waals surface area contributed by atoms with Crippen LogP contribution in [0.4, 0.5) is 4.79 Å². The normalized spacial score (nSPS) is 20.3. The fourth-order valence-electron chi connectivity index (χ4n) is 2.14. The molecule has 1 saturated heterocycles. The van der Waals surface area contributed by atoms with Crippen molar-refractivity contribution < 1.29 is 14.3 Å². The summed E-state index contributed by atoms with van der Waals surface area (Å²) in [5.74, 6) is 0.825. The van der Waals surface area contributed by atoms with Gasteiger partial charge in [-0.25, -0.2) is 4.79 Å². The second kappa shape index (κ2) is 7.64. The zero-order valence-electron chi connectivity index (χ0n) is 13.8. The van der Waals surface area contributed by atoms with Gasteiger partial charge in [-0.2, -0.15) is 0 Å². The lowest BCUT2D eigenvalue weighted by molar-refractivity contribution is -0.119. The van der Waals surface area contributed by atoms with Gasteiger partial charge in [0.1, 0.15) is 5.60 Å². The van der Waals surface area contributed by atoms with Crippen molar-refractivity contribution in [3.05, 3.63) is 0 Å². The van der Waals surface area contributed by atoms with Crippen molar-refractivity contribution in [3.63, 3.8) is 0 Å². The monoisotopic (exact) mass is 299 g/mol. The molecule has 1 aliphatic rings. The Morgan fingerprint density at radius 3 is 2.52 bits per heavy atom. The maximum atomic E-state index is 11.7. The van der Waals surface area contributed by atoms with Gasteiger partial charge in [0.05, 0.1) is 0 Å². The number of hydrogen-bond acceptors (Lipinski definition) is 4. The van der Waals surface area contributed by atoms with Crippen LogP contribution in [0.1, 0.15) is 41.0 Å². The second-order valence-corrected chi connectivity index (χ2v) is 7.00. The van der Waals surface area contributed by atoms with Crippen LogP contribution in [0.15, 0.2) is 0 Å². The fraction of sp³-hybridized carbons (Fsp3) is 0.867. The molecule has 21 heavy (non-hydrogen) atoms. The third kappa shape index (κ3) is 7.32. The van der Waals surface area contributed by atoms with E-state index in [1.165, 1.54) is 0 Å². The van der Waals surface area contributed by atoms with Gasteiger partial charge in [0, 0.05) is 32.1 Å². The molecule has 1 aliphatic heterocycles. The molecule has 2 atom stereocenters. The third-order valence-electron chi connectivity index (χ3n) is 3.50. The third-order valence-corrected chi connectivity index (χ3v) is 3.50. The summed E-state index contributed by atoms with van der Waals surface area (Å²) < 4.78 is 5.23. The number of hydrogen-bond donors (Lipinski definition) is 3. The van der Waals surface area contributed by atoms with E-state index in [1.54, 1.807) is 0 Å². The molecule has 0 bridgehead atoms. The highest BCUT2D eigenvalue weighted by Crippen LogP contribution is 2.11. The van der Waals surface area contributed by atoms with E-state index in [2.05, 4.69) is 29.8 Å². The molecular weight excluding hydrogens is 270 g/mol. The minimum Gasteiger partial charge on any atom is -0.444 e. The molecule has 3 N–H and O–H groups in total. The molecule has 0 aromatic carbocycles. The van der Waals surface area contributed by atoms with Crippen LogP contribution >= 0.6 is 0 Å². The lowest BCUT2D eigenvalue weighted by Crippen LogP contribution is -2.42. The zero-order valence-corrected chi connectivity index (χ0v) is 13.8. The Bertz CT molecular complexity index is 364. The summed E-state index contributed by atoms with van der Waals surface area (Å²) in [5.41, 5.74) is -0.481. The van der Waals surface area contributed by atoms with Gasteiger partial charge in [0.2, 0.25) is 5.91 Å². The van der Waals surface area contributed by atoms with Crippen LogP contribution in [0, 0.1) is 11.8 Å². The Morgan fingerprint density at radius 1 is 1.38 bits per heavy atom. The molecule has 2 unspecified atom stereocenters. The Balaban J connectivity index is 2.33. The number of carbonyl (C=O) groups is 2. The second-order valence-electron chi connectivity index (χ2n) is 7.00. The van der Waals surface area contributed by atoms with Gasteiger partial charge in [-0.3, -0.25) is 4.79 Å². The number of nitrogens with one attached hydrogen (secondary N) is 3. The summed E-state index contributed by atoms with van der Waals surface area (Å²) in [5, 5.41) is 9.02. The summed E-state index contributed by atoms with van der Waals surface area (Å²) in [6.07, 6.45) is 0.149. The van der Waals surface area contributed by atoms with Crippen molar-refractivity contribution in [3.8, 4) is 0 Å². The molecule has 6 heteroatoms. The van der Waals surface area contributed by atoms with Crippen LogP contribution in [0.5, 0.6) is 0 Å². The first kappa shape index (κ1) is 17.8. The standard InChI is InChI=1S/C15H29N3O3/c1-10(2)11(7-16-12-6-13(19)17-9-12)8-18-14(20)21-15(3,4)5/h10-12,16H,6-9H2,1-5H3,(H,17,19)(H,18,20). The van der Waals surface area contributed by atoms with Crippen molar-refractivity contribution in [2.24, 2.45) is 11.8 Å². The largest absolute Gasteiger partial charge is 0.444 e. The van der Waals surface area contributed by atoms with E-state index in [0.717, 1.165) is 6.54 Å². The van der Waals surface area contributed by atoms with E-state index in [4.69, 9.17) is 4.74 Å². The average molecular weight is 299 g/mol. The minimum absolute atomic E-state index is 0.0977. The molecule has 0 aromatic rings. The predicted octanol–water partition coefficient (Wildman–Crippen LogP) is 1.26. The Hall–Kier alpha value is -1.30. The molecule has 0 spiro atoms. The Labute approximate surface area is 127 Å². The minimum atomic E-state index is -0.481. The molecular formula is C15H29N3O3. The highest BCUT2D eigenvalue weighted by molar-refractivity contribution is 5.78. The lowest BCUT2D eigenvalue weighted by atomic mass is 9.95. The first-order chi connectivity index (χ1) is 9.67. The van der Waals surface area contributed by atoms with Crippen LogP contribution in [0.3, 0.4) is 0 Å². The SMILES string of the molecule is CC(C)C(CNC(=O)OC(C)(C)C)CNC1CNC(=O)C1. The summed E-state index contributed by atoms with van der Waals surface area (Å²) in [6.45, 7) is 11.8. The summed E-state index contributed by atoms with van der Waals surface area (Å²) >= 11 is 0. The number of alkyl carbamates (subject to hydrolysis) is 1. The highest BCUT2D eigenvalue weighted by Gasteiger charge is 2.23. The van der Waals surface area contributed by atoms with E-state index in [1.807, 2.05) is 20.8 Å². The van der Waals surface area contributed by atoms with Crippen molar-refractivity contribution in [1.29, 1.82) is 0 Å². The number of amides is 2. The zero-order chi connectivity index (χ0) is 16.0. The van der Waals surface area contributed by atoms with Crippen LogP contribution in [-0.2, 0) is 9.53 Å². The molecule has 122 valence electrons. The fourth-order valence-corrected chi connectivity index (χ4v) is 2.14. The van der Waals surface area contributed by atoms with E-state index < -0.39 is 5.60 Å². The molecule has 0 aliphatic carbocycles. The summed E-state index contributed by atoms with van der Waals surface area (Å²) in [4.78, 5) is 22.8. The predicted molar refractivity (Wildman–Crippen MR) is 82.0 cm³/mol. The van der Waals surface area contributed by atoms with Gasteiger partial charge in [0.25, 0.3) is 0 Å². The number of ether oxygens (including phenoxy) is 1. The van der Waals surface area contributed by atoms with Crippen LogP contribution in [0.2, 0.25) is 0 Å². The number of carbonyl (C=O) groups excluding carboxylic acids is 2. The average Bonchev–Trinajstić information content (AvgIpc) is 2.72. The smallest absolute Gasteiger partial charge is 0.407 e. The molecule has 0 aromatic heterocycles. The van der Waals surface area contributed by atoms with E-state index in [-0.39, 0.29) is 18.0 Å². The van der Waals surface area contributed by atoms with Crippen molar-refractivity contribution in [2.75, 3.05) is 19.6 Å². The van der Waals surface area contributed by atoms with Crippen molar-refractivity contribution in [1.82, 2.24) is 16.0 Å². The van der Waals surface area contributed by atoms with Gasteiger partial charge in [-0.15, -0.1) is 0 Å². The van der Waals surface area contributed by atoms with E-state index in [0.29, 0.717) is 31.3 Å². The molecule has 2 amide bonds. The first-order valence-electron chi connectivity index (χ1n) is 7.64. The Kier molecular flexibility index (Phi) is 6.45. The first-order valence-corrected chi connectivity index (χ1v) is 7.64. The molecule has 0 saturated carbocycles. The quantitative estimate of drug-likeness (QED) is 0.690. The maximum absolute atomic E-state index is 11.7. The van der Waals surface area contributed by atoms with Gasteiger partial charge < -0.3 is 20.7 Å². The van der Waals surface area contributed by atoms with Gasteiger partial charge in [-0.1, -0.05) is 13.8 Å². The molecule has 1 heterocycles. The van der Waals surface area contributed by atoms with Crippen molar-refractivity contribution >= 4 is 12.0 Å². The summed E-state index contributed by atoms with van der Waals surface area (Å²) in [6, 6.07) is 0.195. The molecule has 1 rings (SSSR count). The molecule has 6 nitrogen and oxygen atoms in total. The maximum Gasteiger partial charge on any atom is 0.407 e. The van der Waals surface area contributed by atoms with Gasteiger partial charge in [0.15, 0.2) is 0 Å². The van der Waals surface area contributed by atoms with Crippen LogP contribution in [0.25, 0.3) is 0 Å². The summed E-state index contributed by atoms with van der Waals surface area (Å²) in [7, 11) is 0.